The van der Waals surface area contributed by atoms with Crippen LogP contribution in [0.4, 0.5) is 16.2 Å². The van der Waals surface area contributed by atoms with Crippen LogP contribution >= 0.6 is 0 Å². The van der Waals surface area contributed by atoms with Crippen LogP contribution in [0.1, 0.15) is 10.4 Å². The lowest BCUT2D eigenvalue weighted by atomic mass is 10.1. The first-order valence-corrected chi connectivity index (χ1v) is 7.75. The lowest BCUT2D eigenvalue weighted by Crippen LogP contribution is -2.27. The molecule has 2 aromatic carbocycles. The highest BCUT2D eigenvalue weighted by Gasteiger charge is 2.21. The van der Waals surface area contributed by atoms with Crippen molar-refractivity contribution in [2.24, 2.45) is 0 Å². The molecule has 0 bridgehead atoms. The van der Waals surface area contributed by atoms with E-state index in [4.69, 9.17) is 0 Å². The van der Waals surface area contributed by atoms with Crippen LogP contribution in [0, 0.1) is 0 Å². The molecular formula is C18H16N4O2. The number of anilines is 2. The van der Waals surface area contributed by atoms with Crippen molar-refractivity contribution in [3.63, 3.8) is 0 Å². The van der Waals surface area contributed by atoms with Gasteiger partial charge >= 0.3 is 6.03 Å². The van der Waals surface area contributed by atoms with Crippen LogP contribution in [-0.2, 0) is 0 Å². The number of amides is 3. The van der Waals surface area contributed by atoms with Crippen LogP contribution in [0.25, 0.3) is 10.9 Å². The summed E-state index contributed by atoms with van der Waals surface area (Å²) in [6.45, 7) is 1.28. The zero-order chi connectivity index (χ0) is 16.5. The van der Waals surface area contributed by atoms with E-state index in [0.29, 0.717) is 18.7 Å². The summed E-state index contributed by atoms with van der Waals surface area (Å²) in [5.74, 6) is -0.178. The van der Waals surface area contributed by atoms with Crippen LogP contribution in [-0.4, -0.2) is 30.0 Å². The van der Waals surface area contributed by atoms with Crippen LogP contribution in [0.2, 0.25) is 0 Å². The molecule has 6 heteroatoms. The Morgan fingerprint density at radius 3 is 2.67 bits per heavy atom. The Labute approximate surface area is 138 Å². The maximum absolute atomic E-state index is 12.4. The Morgan fingerprint density at radius 1 is 1.08 bits per heavy atom. The Balaban J connectivity index is 1.50. The maximum Gasteiger partial charge on any atom is 0.321 e. The summed E-state index contributed by atoms with van der Waals surface area (Å²) < 4.78 is 0. The molecule has 0 atom stereocenters. The summed E-state index contributed by atoms with van der Waals surface area (Å²) in [6.07, 6.45) is 1.86. The molecule has 3 aromatic rings. The van der Waals surface area contributed by atoms with Gasteiger partial charge in [-0.05, 0) is 48.5 Å². The summed E-state index contributed by atoms with van der Waals surface area (Å²) in [5.41, 5.74) is 3.11. The quantitative estimate of drug-likeness (QED) is 0.694. The van der Waals surface area contributed by atoms with Gasteiger partial charge in [0.2, 0.25) is 0 Å². The molecule has 120 valence electrons. The minimum Gasteiger partial charge on any atom is -0.361 e. The largest absolute Gasteiger partial charge is 0.361 e. The average molecular weight is 320 g/mol. The molecule has 3 N–H and O–H groups in total. The third-order valence-corrected chi connectivity index (χ3v) is 4.11. The van der Waals surface area contributed by atoms with Crippen molar-refractivity contribution in [1.29, 1.82) is 0 Å². The molecule has 0 radical (unpaired) electrons. The van der Waals surface area contributed by atoms with E-state index in [2.05, 4.69) is 15.6 Å². The van der Waals surface area contributed by atoms with Gasteiger partial charge in [0.15, 0.2) is 0 Å². The average Bonchev–Trinajstić information content (AvgIpc) is 3.23. The molecule has 2 heterocycles. The Bertz CT molecular complexity index is 914. The molecule has 1 aromatic heterocycles. The zero-order valence-electron chi connectivity index (χ0n) is 12.9. The van der Waals surface area contributed by atoms with Crippen LogP contribution < -0.4 is 15.5 Å². The number of H-pyrrole nitrogens is 1. The monoisotopic (exact) mass is 320 g/mol. The van der Waals surface area contributed by atoms with Crippen molar-refractivity contribution in [1.82, 2.24) is 10.3 Å². The van der Waals surface area contributed by atoms with Crippen molar-refractivity contribution >= 4 is 34.2 Å². The van der Waals surface area contributed by atoms with Gasteiger partial charge in [0, 0.05) is 47.1 Å². The van der Waals surface area contributed by atoms with Gasteiger partial charge in [-0.25, -0.2) is 4.79 Å². The van der Waals surface area contributed by atoms with E-state index < -0.39 is 0 Å². The molecule has 0 unspecified atom stereocenters. The minimum atomic E-state index is -0.178. The Morgan fingerprint density at radius 2 is 1.92 bits per heavy atom. The summed E-state index contributed by atoms with van der Waals surface area (Å²) in [7, 11) is 0. The van der Waals surface area contributed by atoms with Gasteiger partial charge in [0.05, 0.1) is 0 Å². The minimum absolute atomic E-state index is 0.105. The van der Waals surface area contributed by atoms with Crippen molar-refractivity contribution < 1.29 is 9.59 Å². The summed E-state index contributed by atoms with van der Waals surface area (Å²) >= 11 is 0. The molecule has 1 fully saturated rings. The first kappa shape index (κ1) is 14.3. The van der Waals surface area contributed by atoms with Crippen LogP contribution in [0.15, 0.2) is 54.7 Å². The highest BCUT2D eigenvalue weighted by Crippen LogP contribution is 2.20. The second-order valence-corrected chi connectivity index (χ2v) is 5.66. The van der Waals surface area contributed by atoms with Gasteiger partial charge in [-0.1, -0.05) is 0 Å². The summed E-state index contributed by atoms with van der Waals surface area (Å²) in [6, 6.07) is 14.6. The maximum atomic E-state index is 12.4. The third kappa shape index (κ3) is 2.58. The van der Waals surface area contributed by atoms with Gasteiger partial charge in [0.25, 0.3) is 5.91 Å². The lowest BCUT2D eigenvalue weighted by molar-refractivity contribution is 0.102. The number of aromatic nitrogens is 1. The topological polar surface area (TPSA) is 77.2 Å². The van der Waals surface area contributed by atoms with Crippen molar-refractivity contribution in [2.75, 3.05) is 23.3 Å². The van der Waals surface area contributed by atoms with Gasteiger partial charge in [0.1, 0.15) is 0 Å². The normalized spacial score (nSPS) is 14.0. The fourth-order valence-corrected chi connectivity index (χ4v) is 2.85. The number of rotatable bonds is 3. The first-order valence-electron chi connectivity index (χ1n) is 7.75. The van der Waals surface area contributed by atoms with E-state index in [1.54, 1.807) is 29.2 Å². The Hall–Kier alpha value is -3.28. The molecule has 3 amide bonds. The highest BCUT2D eigenvalue weighted by molar-refractivity contribution is 6.05. The molecule has 0 saturated carbocycles. The number of carbonyl (C=O) groups is 2. The SMILES string of the molecule is O=C(Nc1ccc2[nH]ccc2c1)c1ccc(N2CCNC2=O)cc1. The van der Waals surface area contributed by atoms with Crippen LogP contribution in [0.5, 0.6) is 0 Å². The van der Waals surface area contributed by atoms with Crippen LogP contribution in [0.3, 0.4) is 0 Å². The number of hydrogen-bond donors (Lipinski definition) is 3. The van der Waals surface area contributed by atoms with Gasteiger partial charge in [-0.15, -0.1) is 0 Å². The number of hydrogen-bond acceptors (Lipinski definition) is 2. The first-order chi connectivity index (χ1) is 11.7. The zero-order valence-corrected chi connectivity index (χ0v) is 12.9. The fraction of sp³-hybridized carbons (Fsp3) is 0.111. The highest BCUT2D eigenvalue weighted by atomic mass is 16.2. The number of nitrogens with one attached hydrogen (secondary N) is 3. The van der Waals surface area contributed by atoms with Crippen molar-refractivity contribution in [3.8, 4) is 0 Å². The number of aromatic amines is 1. The predicted octanol–water partition coefficient (Wildman–Crippen LogP) is 2.95. The number of urea groups is 1. The predicted molar refractivity (Wildman–Crippen MR) is 93.4 cm³/mol. The van der Waals surface area contributed by atoms with Gasteiger partial charge in [-0.2, -0.15) is 0 Å². The van der Waals surface area contributed by atoms with Gasteiger partial charge < -0.3 is 15.6 Å². The summed E-state index contributed by atoms with van der Waals surface area (Å²) in [5, 5.41) is 6.69. The molecule has 24 heavy (non-hydrogen) atoms. The molecular weight excluding hydrogens is 304 g/mol. The van der Waals surface area contributed by atoms with E-state index in [1.807, 2.05) is 30.5 Å². The second-order valence-electron chi connectivity index (χ2n) is 5.66. The smallest absolute Gasteiger partial charge is 0.321 e. The second kappa shape index (κ2) is 5.73. The van der Waals surface area contributed by atoms with E-state index >= 15 is 0 Å². The molecule has 1 aliphatic rings. The lowest BCUT2D eigenvalue weighted by Gasteiger charge is -2.14. The van der Waals surface area contributed by atoms with E-state index in [9.17, 15) is 9.59 Å². The molecule has 4 rings (SSSR count). The molecule has 0 aliphatic carbocycles. The number of fused-ring (bicyclic) bond motifs is 1. The van der Waals surface area contributed by atoms with E-state index in [-0.39, 0.29) is 11.9 Å². The van der Waals surface area contributed by atoms with Gasteiger partial charge in [-0.3, -0.25) is 9.69 Å². The third-order valence-electron chi connectivity index (χ3n) is 4.11. The number of benzene rings is 2. The standard InChI is InChI=1S/C18H16N4O2/c23-17(21-14-3-6-16-13(11-14)7-8-19-16)12-1-4-15(5-2-12)22-10-9-20-18(22)24/h1-8,11,19H,9-10H2,(H,20,24)(H,21,23). The fourth-order valence-electron chi connectivity index (χ4n) is 2.85. The summed E-state index contributed by atoms with van der Waals surface area (Å²) in [4.78, 5) is 28.8. The van der Waals surface area contributed by atoms with E-state index in [1.165, 1.54) is 0 Å². The number of carbonyl (C=O) groups excluding carboxylic acids is 2. The molecule has 1 aliphatic heterocycles. The van der Waals surface area contributed by atoms with Crippen molar-refractivity contribution in [2.45, 2.75) is 0 Å². The number of nitrogens with zero attached hydrogens (tertiary/aromatic N) is 1. The Kier molecular flexibility index (Phi) is 3.42. The molecule has 0 spiro atoms. The molecule has 6 nitrogen and oxygen atoms in total. The van der Waals surface area contributed by atoms with E-state index in [0.717, 1.165) is 22.3 Å². The molecule has 1 saturated heterocycles. The van der Waals surface area contributed by atoms with Crippen molar-refractivity contribution in [3.05, 3.63) is 60.3 Å².